The summed E-state index contributed by atoms with van der Waals surface area (Å²) in [5, 5.41) is 21.0. The van der Waals surface area contributed by atoms with Crippen molar-refractivity contribution in [2.45, 2.75) is 0 Å². The monoisotopic (exact) mass is 288 g/mol. The van der Waals surface area contributed by atoms with E-state index in [1.807, 2.05) is 0 Å². The first-order valence-corrected chi connectivity index (χ1v) is 5.89. The number of amides is 1. The van der Waals surface area contributed by atoms with E-state index in [-0.39, 0.29) is 28.4 Å². The molecule has 0 fully saturated rings. The van der Waals surface area contributed by atoms with Crippen molar-refractivity contribution in [3.8, 4) is 11.5 Å². The van der Waals surface area contributed by atoms with Gasteiger partial charge in [-0.3, -0.25) is 4.79 Å². The molecule has 0 radical (unpaired) electrons. The van der Waals surface area contributed by atoms with Crippen molar-refractivity contribution < 1.29 is 24.5 Å². The Bertz CT molecular complexity index is 700. The first kappa shape index (κ1) is 14.3. The average molecular weight is 288 g/mol. The molecule has 108 valence electrons. The number of pyridine rings is 1. The zero-order chi connectivity index (χ0) is 15.4. The van der Waals surface area contributed by atoms with Gasteiger partial charge in [-0.15, -0.1) is 0 Å². The number of hydrogen-bond acceptors (Lipinski definition) is 5. The summed E-state index contributed by atoms with van der Waals surface area (Å²) < 4.78 is 4.88. The van der Waals surface area contributed by atoms with Gasteiger partial charge in [0.1, 0.15) is 11.4 Å². The van der Waals surface area contributed by atoms with Gasteiger partial charge in [0.05, 0.1) is 7.11 Å². The molecule has 0 aliphatic rings. The van der Waals surface area contributed by atoms with Crippen LogP contribution in [0.5, 0.6) is 11.5 Å². The lowest BCUT2D eigenvalue weighted by molar-refractivity contribution is 0.0697. The van der Waals surface area contributed by atoms with Crippen molar-refractivity contribution in [3.05, 3.63) is 47.7 Å². The van der Waals surface area contributed by atoms with Crippen LogP contribution in [0.3, 0.4) is 0 Å². The van der Waals surface area contributed by atoms with Crippen LogP contribution in [-0.4, -0.2) is 34.2 Å². The summed E-state index contributed by atoms with van der Waals surface area (Å²) in [6.07, 6.45) is 1.37. The topological polar surface area (TPSA) is 109 Å². The molecule has 1 heterocycles. The van der Waals surface area contributed by atoms with Crippen molar-refractivity contribution >= 4 is 17.7 Å². The molecule has 0 spiro atoms. The van der Waals surface area contributed by atoms with Gasteiger partial charge < -0.3 is 20.3 Å². The average Bonchev–Trinajstić information content (AvgIpc) is 2.47. The number of aromatic nitrogens is 1. The number of carbonyl (C=O) groups excluding carboxylic acids is 1. The van der Waals surface area contributed by atoms with E-state index in [4.69, 9.17) is 9.84 Å². The third-order valence-corrected chi connectivity index (χ3v) is 2.71. The first-order chi connectivity index (χ1) is 10.0. The van der Waals surface area contributed by atoms with E-state index < -0.39 is 11.9 Å². The summed E-state index contributed by atoms with van der Waals surface area (Å²) in [5.74, 6) is -1.81. The van der Waals surface area contributed by atoms with Gasteiger partial charge in [-0.2, -0.15) is 0 Å². The van der Waals surface area contributed by atoms with Gasteiger partial charge in [0, 0.05) is 11.8 Å². The van der Waals surface area contributed by atoms with Crippen LogP contribution < -0.4 is 10.1 Å². The maximum absolute atomic E-state index is 12.0. The van der Waals surface area contributed by atoms with Crippen molar-refractivity contribution in [3.63, 3.8) is 0 Å². The third-order valence-electron chi connectivity index (χ3n) is 2.71. The number of methoxy groups -OCH3 is 1. The van der Waals surface area contributed by atoms with Gasteiger partial charge in [0.25, 0.3) is 5.91 Å². The number of rotatable bonds is 4. The number of nitrogens with zero attached hydrogens (tertiary/aromatic N) is 1. The van der Waals surface area contributed by atoms with E-state index in [0.29, 0.717) is 0 Å². The second-order valence-corrected chi connectivity index (χ2v) is 4.05. The first-order valence-electron chi connectivity index (χ1n) is 5.89. The number of anilines is 1. The lowest BCUT2D eigenvalue weighted by Crippen LogP contribution is -2.16. The van der Waals surface area contributed by atoms with Gasteiger partial charge in [-0.1, -0.05) is 0 Å². The van der Waals surface area contributed by atoms with E-state index in [2.05, 4.69) is 10.3 Å². The molecular formula is C14H12N2O5. The lowest BCUT2D eigenvalue weighted by Gasteiger charge is -2.08. The number of phenols is 1. The van der Waals surface area contributed by atoms with E-state index in [1.54, 1.807) is 0 Å². The Labute approximate surface area is 119 Å². The maximum Gasteiger partial charge on any atom is 0.339 e. The van der Waals surface area contributed by atoms with Gasteiger partial charge in [-0.05, 0) is 30.3 Å². The number of aromatic hydroxyl groups is 1. The molecule has 0 aliphatic carbocycles. The zero-order valence-corrected chi connectivity index (χ0v) is 11.0. The van der Waals surface area contributed by atoms with Gasteiger partial charge >= 0.3 is 5.97 Å². The number of carboxylic acids is 1. The molecular weight excluding hydrogens is 276 g/mol. The van der Waals surface area contributed by atoms with Crippen molar-refractivity contribution in [2.24, 2.45) is 0 Å². The van der Waals surface area contributed by atoms with Gasteiger partial charge in [0.2, 0.25) is 0 Å². The Balaban J connectivity index is 2.26. The summed E-state index contributed by atoms with van der Waals surface area (Å²) >= 11 is 0. The van der Waals surface area contributed by atoms with Crippen LogP contribution in [0.4, 0.5) is 5.82 Å². The number of ether oxygens (including phenoxy) is 1. The number of hydrogen-bond donors (Lipinski definition) is 3. The minimum Gasteiger partial charge on any atom is -0.504 e. The molecule has 1 aromatic heterocycles. The van der Waals surface area contributed by atoms with Crippen LogP contribution in [0, 0.1) is 0 Å². The third kappa shape index (κ3) is 3.08. The van der Waals surface area contributed by atoms with Gasteiger partial charge in [-0.25, -0.2) is 9.78 Å². The van der Waals surface area contributed by atoms with Crippen molar-refractivity contribution in [1.29, 1.82) is 0 Å². The molecule has 2 rings (SSSR count). The second-order valence-electron chi connectivity index (χ2n) is 4.05. The fraction of sp³-hybridized carbons (Fsp3) is 0.0714. The zero-order valence-electron chi connectivity index (χ0n) is 11.0. The molecule has 21 heavy (non-hydrogen) atoms. The molecule has 2 aromatic rings. The molecule has 0 unspecified atom stereocenters. The Kier molecular flexibility index (Phi) is 4.03. The number of carboxylic acid groups (broad SMARTS) is 1. The SMILES string of the molecule is COc1ccc(C(=O)Nc2ncccc2C(=O)O)cc1O. The lowest BCUT2D eigenvalue weighted by atomic mass is 10.2. The molecule has 3 N–H and O–H groups in total. The van der Waals surface area contributed by atoms with Crippen LogP contribution in [-0.2, 0) is 0 Å². The molecule has 0 atom stereocenters. The number of nitrogens with one attached hydrogen (secondary N) is 1. The number of benzene rings is 1. The standard InChI is InChI=1S/C14H12N2O5/c1-21-11-5-4-8(7-10(11)17)13(18)16-12-9(14(19)20)3-2-6-15-12/h2-7,17H,1H3,(H,19,20)(H,15,16,18). The Morgan fingerprint density at radius 2 is 2.05 bits per heavy atom. The number of aromatic carboxylic acids is 1. The van der Waals surface area contributed by atoms with E-state index in [0.717, 1.165) is 0 Å². The Hall–Kier alpha value is -3.09. The predicted octanol–water partition coefficient (Wildman–Crippen LogP) is 1.75. The smallest absolute Gasteiger partial charge is 0.339 e. The molecule has 7 nitrogen and oxygen atoms in total. The highest BCUT2D eigenvalue weighted by molar-refractivity contribution is 6.07. The fourth-order valence-corrected chi connectivity index (χ4v) is 1.69. The summed E-state index contributed by atoms with van der Waals surface area (Å²) in [4.78, 5) is 26.9. The van der Waals surface area contributed by atoms with Crippen molar-refractivity contribution in [1.82, 2.24) is 4.98 Å². The summed E-state index contributed by atoms with van der Waals surface area (Å²) in [6.45, 7) is 0. The highest BCUT2D eigenvalue weighted by Gasteiger charge is 2.15. The van der Waals surface area contributed by atoms with E-state index in [1.165, 1.54) is 43.6 Å². The Morgan fingerprint density at radius 1 is 1.29 bits per heavy atom. The molecule has 0 bridgehead atoms. The van der Waals surface area contributed by atoms with Crippen LogP contribution in [0.2, 0.25) is 0 Å². The van der Waals surface area contributed by atoms with Crippen LogP contribution >= 0.6 is 0 Å². The van der Waals surface area contributed by atoms with Crippen LogP contribution in [0.25, 0.3) is 0 Å². The van der Waals surface area contributed by atoms with Crippen molar-refractivity contribution in [2.75, 3.05) is 12.4 Å². The summed E-state index contributed by atoms with van der Waals surface area (Å²) in [5.41, 5.74) is 0.0267. The molecule has 1 aromatic carbocycles. The molecule has 0 aliphatic heterocycles. The second kappa shape index (κ2) is 5.91. The minimum absolute atomic E-state index is 0.0645. The number of carbonyl (C=O) groups is 2. The maximum atomic E-state index is 12.0. The highest BCUT2D eigenvalue weighted by atomic mass is 16.5. The molecule has 1 amide bonds. The van der Waals surface area contributed by atoms with E-state index >= 15 is 0 Å². The van der Waals surface area contributed by atoms with E-state index in [9.17, 15) is 14.7 Å². The minimum atomic E-state index is -1.20. The Morgan fingerprint density at radius 3 is 2.67 bits per heavy atom. The fourth-order valence-electron chi connectivity index (χ4n) is 1.69. The summed E-state index contributed by atoms with van der Waals surface area (Å²) in [7, 11) is 1.39. The molecule has 0 saturated carbocycles. The highest BCUT2D eigenvalue weighted by Crippen LogP contribution is 2.26. The predicted molar refractivity (Wildman–Crippen MR) is 73.8 cm³/mol. The summed E-state index contributed by atoms with van der Waals surface area (Å²) in [6, 6.07) is 6.88. The molecule has 7 heteroatoms. The largest absolute Gasteiger partial charge is 0.504 e. The quantitative estimate of drug-likeness (QED) is 0.790. The molecule has 0 saturated heterocycles. The van der Waals surface area contributed by atoms with Gasteiger partial charge in [0.15, 0.2) is 11.5 Å². The normalized spacial score (nSPS) is 9.95. The van der Waals surface area contributed by atoms with Crippen LogP contribution in [0.1, 0.15) is 20.7 Å². The number of phenolic OH excluding ortho intramolecular Hbond substituents is 1. The van der Waals surface area contributed by atoms with Crippen LogP contribution in [0.15, 0.2) is 36.5 Å².